The molecule has 0 aliphatic rings. The highest BCUT2D eigenvalue weighted by Crippen LogP contribution is 2.24. The summed E-state index contributed by atoms with van der Waals surface area (Å²) in [5.74, 6) is -0.0528. The Morgan fingerprint density at radius 2 is 2.00 bits per heavy atom. The molecular formula is C12H6Cl2FN3. The Balaban J connectivity index is 2.16. The van der Waals surface area contributed by atoms with Gasteiger partial charge in [0.1, 0.15) is 5.82 Å². The van der Waals surface area contributed by atoms with Crippen LogP contribution in [0, 0.1) is 5.82 Å². The van der Waals surface area contributed by atoms with Crippen LogP contribution in [0.5, 0.6) is 0 Å². The fourth-order valence-corrected chi connectivity index (χ4v) is 1.94. The predicted octanol–water partition coefficient (Wildman–Crippen LogP) is 4.07. The monoisotopic (exact) mass is 281 g/mol. The summed E-state index contributed by atoms with van der Waals surface area (Å²) in [6.07, 6.45) is 1.46. The minimum absolute atomic E-state index is 0.155. The fourth-order valence-electron chi connectivity index (χ4n) is 1.67. The first-order valence-electron chi connectivity index (χ1n) is 5.10. The van der Waals surface area contributed by atoms with Crippen molar-refractivity contribution < 1.29 is 4.39 Å². The van der Waals surface area contributed by atoms with Gasteiger partial charge >= 0.3 is 0 Å². The van der Waals surface area contributed by atoms with Gasteiger partial charge in [-0.2, -0.15) is 0 Å². The summed E-state index contributed by atoms with van der Waals surface area (Å²) < 4.78 is 13.3. The molecule has 0 atom stereocenters. The van der Waals surface area contributed by atoms with Crippen LogP contribution in [0.1, 0.15) is 0 Å². The maximum Gasteiger partial charge on any atom is 0.164 e. The van der Waals surface area contributed by atoms with Gasteiger partial charge in [-0.1, -0.05) is 23.2 Å². The van der Waals surface area contributed by atoms with Gasteiger partial charge in [0.25, 0.3) is 0 Å². The lowest BCUT2D eigenvalue weighted by Crippen LogP contribution is -1.87. The molecule has 2 heterocycles. The summed E-state index contributed by atoms with van der Waals surface area (Å²) in [5.41, 5.74) is 2.07. The number of imidazole rings is 1. The number of aromatic nitrogens is 3. The molecule has 2 aromatic heterocycles. The van der Waals surface area contributed by atoms with Gasteiger partial charge in [0.05, 0.1) is 11.0 Å². The van der Waals surface area contributed by atoms with Crippen LogP contribution in [-0.2, 0) is 0 Å². The maximum atomic E-state index is 13.3. The van der Waals surface area contributed by atoms with E-state index in [1.807, 2.05) is 0 Å². The number of nitrogens with one attached hydrogen (secondary N) is 1. The van der Waals surface area contributed by atoms with Crippen LogP contribution in [0.25, 0.3) is 22.4 Å². The molecule has 0 saturated carbocycles. The van der Waals surface area contributed by atoms with Gasteiger partial charge in [-0.15, -0.1) is 0 Å². The molecule has 1 N–H and O–H groups in total. The van der Waals surface area contributed by atoms with Crippen molar-refractivity contribution in [2.75, 3.05) is 0 Å². The molecule has 0 unspecified atom stereocenters. The quantitative estimate of drug-likeness (QED) is 0.683. The van der Waals surface area contributed by atoms with Crippen LogP contribution < -0.4 is 0 Å². The molecule has 3 aromatic rings. The number of benzene rings is 1. The zero-order valence-corrected chi connectivity index (χ0v) is 10.4. The van der Waals surface area contributed by atoms with E-state index >= 15 is 0 Å². The molecule has 90 valence electrons. The molecule has 0 amide bonds. The molecule has 0 radical (unpaired) electrons. The number of fused-ring (bicyclic) bond motifs is 1. The molecule has 0 aliphatic carbocycles. The van der Waals surface area contributed by atoms with Gasteiger partial charge in [0.15, 0.2) is 11.0 Å². The molecular weight excluding hydrogens is 276 g/mol. The number of halogens is 3. The number of nitrogens with zero attached hydrogens (tertiary/aromatic N) is 2. The average Bonchev–Trinajstić information content (AvgIpc) is 2.75. The minimum Gasteiger partial charge on any atom is -0.338 e. The third-order valence-corrected chi connectivity index (χ3v) is 3.03. The molecule has 0 fully saturated rings. The Morgan fingerprint density at radius 3 is 2.78 bits per heavy atom. The van der Waals surface area contributed by atoms with Gasteiger partial charge < -0.3 is 4.98 Å². The van der Waals surface area contributed by atoms with Crippen LogP contribution in [0.2, 0.25) is 10.2 Å². The van der Waals surface area contributed by atoms with Crippen LogP contribution in [0.3, 0.4) is 0 Å². The number of hydrogen-bond acceptors (Lipinski definition) is 2. The molecule has 0 aliphatic heterocycles. The van der Waals surface area contributed by atoms with Crippen molar-refractivity contribution in [3.63, 3.8) is 0 Å². The van der Waals surface area contributed by atoms with Gasteiger partial charge in [-0.3, -0.25) is 0 Å². The van der Waals surface area contributed by atoms with Crippen molar-refractivity contribution >= 4 is 34.2 Å². The SMILES string of the molecule is Fc1cc(-c2nc3ccc(Cl)cc3[nH]2)cnc1Cl. The third kappa shape index (κ3) is 1.94. The second-order valence-electron chi connectivity index (χ2n) is 3.74. The summed E-state index contributed by atoms with van der Waals surface area (Å²) in [6, 6.07) is 6.58. The van der Waals surface area contributed by atoms with Crippen LogP contribution >= 0.6 is 23.2 Å². The fraction of sp³-hybridized carbons (Fsp3) is 0. The van der Waals surface area contributed by atoms with Gasteiger partial charge in [-0.25, -0.2) is 14.4 Å². The molecule has 0 spiro atoms. The highest BCUT2D eigenvalue weighted by Gasteiger charge is 2.09. The lowest BCUT2D eigenvalue weighted by atomic mass is 10.3. The first-order valence-corrected chi connectivity index (χ1v) is 5.86. The Morgan fingerprint density at radius 1 is 1.17 bits per heavy atom. The second kappa shape index (κ2) is 4.23. The number of pyridine rings is 1. The predicted molar refractivity (Wildman–Crippen MR) is 69.3 cm³/mol. The molecule has 18 heavy (non-hydrogen) atoms. The Hall–Kier alpha value is -1.65. The van der Waals surface area contributed by atoms with E-state index in [0.717, 1.165) is 11.0 Å². The van der Waals surface area contributed by atoms with Crippen molar-refractivity contribution in [1.82, 2.24) is 15.0 Å². The highest BCUT2D eigenvalue weighted by molar-refractivity contribution is 6.31. The first kappa shape index (κ1) is 11.4. The normalized spacial score (nSPS) is 11.1. The van der Waals surface area contributed by atoms with E-state index in [2.05, 4.69) is 15.0 Å². The Labute approximate surface area is 112 Å². The van der Waals surface area contributed by atoms with Crippen LogP contribution in [-0.4, -0.2) is 15.0 Å². The van der Waals surface area contributed by atoms with Crippen molar-refractivity contribution in [1.29, 1.82) is 0 Å². The summed E-state index contributed by atoms with van der Waals surface area (Å²) in [5, 5.41) is 0.455. The van der Waals surface area contributed by atoms with Gasteiger partial charge in [-0.05, 0) is 24.3 Å². The van der Waals surface area contributed by atoms with E-state index in [4.69, 9.17) is 23.2 Å². The summed E-state index contributed by atoms with van der Waals surface area (Å²) in [6.45, 7) is 0. The largest absolute Gasteiger partial charge is 0.338 e. The zero-order chi connectivity index (χ0) is 12.7. The molecule has 0 bridgehead atoms. The highest BCUT2D eigenvalue weighted by atomic mass is 35.5. The second-order valence-corrected chi connectivity index (χ2v) is 4.54. The molecule has 1 aromatic carbocycles. The van der Waals surface area contributed by atoms with Crippen LogP contribution in [0.4, 0.5) is 4.39 Å². The molecule has 3 nitrogen and oxygen atoms in total. The topological polar surface area (TPSA) is 41.6 Å². The van der Waals surface area contributed by atoms with Gasteiger partial charge in [0, 0.05) is 16.8 Å². The lowest BCUT2D eigenvalue weighted by Gasteiger charge is -1.97. The molecule has 3 rings (SSSR count). The van der Waals surface area contributed by atoms with Crippen molar-refractivity contribution in [2.24, 2.45) is 0 Å². The van der Waals surface area contributed by atoms with E-state index in [9.17, 15) is 4.39 Å². The van der Waals surface area contributed by atoms with E-state index in [1.165, 1.54) is 12.3 Å². The molecule has 6 heteroatoms. The number of aromatic amines is 1. The maximum absolute atomic E-state index is 13.3. The summed E-state index contributed by atoms with van der Waals surface area (Å²) in [4.78, 5) is 11.1. The summed E-state index contributed by atoms with van der Waals surface area (Å²) in [7, 11) is 0. The Bertz CT molecular complexity index is 739. The number of H-pyrrole nitrogens is 1. The standard InChI is InChI=1S/C12H6Cl2FN3/c13-7-1-2-9-10(4-7)18-12(17-9)6-3-8(15)11(14)16-5-6/h1-5H,(H,17,18). The lowest BCUT2D eigenvalue weighted by molar-refractivity contribution is 0.622. The summed E-state index contributed by atoms with van der Waals surface area (Å²) >= 11 is 11.4. The molecule has 0 saturated heterocycles. The van der Waals surface area contributed by atoms with E-state index < -0.39 is 5.82 Å². The zero-order valence-electron chi connectivity index (χ0n) is 8.92. The van der Waals surface area contributed by atoms with Crippen molar-refractivity contribution in [3.8, 4) is 11.4 Å². The number of rotatable bonds is 1. The van der Waals surface area contributed by atoms with E-state index in [0.29, 0.717) is 16.4 Å². The Kier molecular flexibility index (Phi) is 2.69. The van der Waals surface area contributed by atoms with Crippen LogP contribution in [0.15, 0.2) is 30.5 Å². The number of hydrogen-bond donors (Lipinski definition) is 1. The third-order valence-electron chi connectivity index (χ3n) is 2.51. The minimum atomic E-state index is -0.576. The smallest absolute Gasteiger partial charge is 0.164 e. The van der Waals surface area contributed by atoms with Gasteiger partial charge in [0.2, 0.25) is 0 Å². The first-order chi connectivity index (χ1) is 8.63. The van der Waals surface area contributed by atoms with Crippen molar-refractivity contribution in [3.05, 3.63) is 46.5 Å². The van der Waals surface area contributed by atoms with Crippen molar-refractivity contribution in [2.45, 2.75) is 0 Å². The van der Waals surface area contributed by atoms with E-state index in [1.54, 1.807) is 18.2 Å². The average molecular weight is 282 g/mol. The van der Waals surface area contributed by atoms with E-state index in [-0.39, 0.29) is 5.15 Å².